The summed E-state index contributed by atoms with van der Waals surface area (Å²) < 4.78 is 5.52. The normalized spacial score (nSPS) is 23.9. The Morgan fingerprint density at radius 1 is 1.14 bits per heavy atom. The van der Waals surface area contributed by atoms with Crippen LogP contribution >= 0.6 is 0 Å². The van der Waals surface area contributed by atoms with Gasteiger partial charge in [0.05, 0.1) is 0 Å². The van der Waals surface area contributed by atoms with Gasteiger partial charge in [0.1, 0.15) is 6.61 Å². The van der Waals surface area contributed by atoms with Crippen molar-refractivity contribution in [2.75, 3.05) is 20.2 Å². The molecule has 28 heavy (non-hydrogen) atoms. The smallest absolute Gasteiger partial charge is 0.408 e. The van der Waals surface area contributed by atoms with Crippen molar-refractivity contribution < 1.29 is 19.4 Å². The number of alkyl carbamates (subject to hydrolysis) is 1. The number of aliphatic carboxylic acids is 1. The average molecular weight is 380 g/mol. The molecule has 2 unspecified atom stereocenters. The van der Waals surface area contributed by atoms with Crippen LogP contribution in [0.2, 0.25) is 0 Å². The minimum atomic E-state index is -1.31. The summed E-state index contributed by atoms with van der Waals surface area (Å²) in [5.41, 5.74) is 3.24. The second-order valence-electron chi connectivity index (χ2n) is 7.81. The number of benzene rings is 2. The van der Waals surface area contributed by atoms with Crippen LogP contribution in [-0.4, -0.2) is 53.8 Å². The van der Waals surface area contributed by atoms with Gasteiger partial charge >= 0.3 is 12.1 Å². The molecular formula is C22H24N2O4. The molecule has 1 aliphatic carbocycles. The lowest BCUT2D eigenvalue weighted by Gasteiger charge is -2.25. The first-order valence-corrected chi connectivity index (χ1v) is 9.48. The van der Waals surface area contributed by atoms with Crippen molar-refractivity contribution in [3.63, 3.8) is 0 Å². The maximum absolute atomic E-state index is 12.5. The van der Waals surface area contributed by atoms with E-state index in [1.165, 1.54) is 0 Å². The van der Waals surface area contributed by atoms with E-state index in [1.54, 1.807) is 0 Å². The van der Waals surface area contributed by atoms with E-state index in [-0.39, 0.29) is 25.1 Å². The predicted octanol–water partition coefficient (Wildman–Crippen LogP) is 3.07. The lowest BCUT2D eigenvalue weighted by atomic mass is 9.96. The van der Waals surface area contributed by atoms with E-state index < -0.39 is 17.6 Å². The second-order valence-corrected chi connectivity index (χ2v) is 7.81. The summed E-state index contributed by atoms with van der Waals surface area (Å²) in [5.74, 6) is -1.08. The van der Waals surface area contributed by atoms with Gasteiger partial charge in [-0.1, -0.05) is 48.5 Å². The molecule has 1 saturated heterocycles. The van der Waals surface area contributed by atoms with Crippen LogP contribution in [0.15, 0.2) is 48.5 Å². The number of carbonyl (C=O) groups excluding carboxylic acids is 1. The number of carbonyl (C=O) groups is 2. The fourth-order valence-electron chi connectivity index (χ4n) is 4.44. The van der Waals surface area contributed by atoms with Crippen molar-refractivity contribution in [2.45, 2.75) is 30.8 Å². The highest BCUT2D eigenvalue weighted by atomic mass is 16.5. The van der Waals surface area contributed by atoms with Crippen LogP contribution in [0.4, 0.5) is 4.79 Å². The Morgan fingerprint density at radius 2 is 1.71 bits per heavy atom. The van der Waals surface area contributed by atoms with E-state index in [2.05, 4.69) is 17.4 Å². The quantitative estimate of drug-likeness (QED) is 0.852. The molecule has 0 aromatic heterocycles. The van der Waals surface area contributed by atoms with E-state index in [0.29, 0.717) is 6.42 Å². The Labute approximate surface area is 164 Å². The molecule has 6 heteroatoms. The number of fused-ring (bicyclic) bond motifs is 3. The van der Waals surface area contributed by atoms with Gasteiger partial charge in [0.2, 0.25) is 0 Å². The molecule has 2 aromatic carbocycles. The van der Waals surface area contributed by atoms with Crippen LogP contribution in [0.25, 0.3) is 11.1 Å². The molecule has 1 heterocycles. The van der Waals surface area contributed by atoms with Gasteiger partial charge in [-0.05, 0) is 42.6 Å². The molecule has 1 amide bonds. The largest absolute Gasteiger partial charge is 0.479 e. The third-order valence-electron chi connectivity index (χ3n) is 6.01. The number of likely N-dealkylation sites (tertiary alicyclic amines) is 1. The fourth-order valence-corrected chi connectivity index (χ4v) is 4.44. The van der Waals surface area contributed by atoms with E-state index in [1.807, 2.05) is 55.3 Å². The van der Waals surface area contributed by atoms with Gasteiger partial charge in [-0.15, -0.1) is 0 Å². The SMILES string of the molecule is CC1CC(NC(=O)OCC2c3ccccc3-c3ccccc32)(C(=O)O)CN1C. The monoisotopic (exact) mass is 380 g/mol. The molecule has 4 rings (SSSR count). The van der Waals surface area contributed by atoms with Gasteiger partial charge < -0.3 is 20.1 Å². The van der Waals surface area contributed by atoms with E-state index in [9.17, 15) is 14.7 Å². The Kier molecular flexibility index (Phi) is 4.59. The van der Waals surface area contributed by atoms with E-state index >= 15 is 0 Å². The first-order chi connectivity index (χ1) is 13.4. The predicted molar refractivity (Wildman–Crippen MR) is 105 cm³/mol. The van der Waals surface area contributed by atoms with E-state index in [4.69, 9.17) is 4.74 Å². The van der Waals surface area contributed by atoms with Crippen molar-refractivity contribution in [2.24, 2.45) is 0 Å². The van der Waals surface area contributed by atoms with Gasteiger partial charge in [-0.2, -0.15) is 0 Å². The summed E-state index contributed by atoms with van der Waals surface area (Å²) in [6.45, 7) is 2.37. The molecule has 0 spiro atoms. The molecule has 1 fully saturated rings. The third kappa shape index (κ3) is 3.03. The molecule has 1 aliphatic heterocycles. The Hall–Kier alpha value is -2.86. The number of nitrogens with one attached hydrogen (secondary N) is 1. The zero-order valence-corrected chi connectivity index (χ0v) is 16.0. The molecule has 2 N–H and O–H groups in total. The van der Waals surface area contributed by atoms with Gasteiger partial charge in [-0.3, -0.25) is 0 Å². The highest BCUT2D eigenvalue weighted by molar-refractivity contribution is 5.85. The number of nitrogens with zero attached hydrogens (tertiary/aromatic N) is 1. The van der Waals surface area contributed by atoms with Gasteiger partial charge in [-0.25, -0.2) is 9.59 Å². The van der Waals surface area contributed by atoms with Crippen molar-refractivity contribution in [1.82, 2.24) is 10.2 Å². The molecule has 146 valence electrons. The van der Waals surface area contributed by atoms with Gasteiger partial charge in [0.25, 0.3) is 0 Å². The molecule has 2 aliphatic rings. The minimum Gasteiger partial charge on any atom is -0.479 e. The first-order valence-electron chi connectivity index (χ1n) is 9.48. The molecule has 0 saturated carbocycles. The summed E-state index contributed by atoms with van der Waals surface area (Å²) >= 11 is 0. The summed E-state index contributed by atoms with van der Waals surface area (Å²) in [6, 6.07) is 16.3. The summed E-state index contributed by atoms with van der Waals surface area (Å²) in [7, 11) is 1.86. The Bertz CT molecular complexity index is 871. The van der Waals surface area contributed by atoms with Gasteiger partial charge in [0.15, 0.2) is 5.54 Å². The van der Waals surface area contributed by atoms with Crippen LogP contribution in [0.3, 0.4) is 0 Å². The van der Waals surface area contributed by atoms with Crippen molar-refractivity contribution in [3.8, 4) is 11.1 Å². The van der Waals surface area contributed by atoms with Crippen molar-refractivity contribution in [1.29, 1.82) is 0 Å². The van der Waals surface area contributed by atoms with Crippen LogP contribution < -0.4 is 5.32 Å². The zero-order valence-electron chi connectivity index (χ0n) is 16.0. The summed E-state index contributed by atoms with van der Waals surface area (Å²) in [6.07, 6.45) is -0.338. The van der Waals surface area contributed by atoms with Crippen molar-refractivity contribution >= 4 is 12.1 Å². The van der Waals surface area contributed by atoms with Crippen molar-refractivity contribution in [3.05, 3.63) is 59.7 Å². The number of ether oxygens (including phenoxy) is 1. The number of likely N-dealkylation sites (N-methyl/N-ethyl adjacent to an activating group) is 1. The van der Waals surface area contributed by atoms with Crippen LogP contribution in [-0.2, 0) is 9.53 Å². The van der Waals surface area contributed by atoms with Crippen LogP contribution in [0.5, 0.6) is 0 Å². The summed E-state index contributed by atoms with van der Waals surface area (Å²) in [5, 5.41) is 12.3. The maximum atomic E-state index is 12.5. The zero-order chi connectivity index (χ0) is 19.9. The third-order valence-corrected chi connectivity index (χ3v) is 6.01. The number of amides is 1. The first kappa shape index (κ1) is 18.5. The molecule has 0 radical (unpaired) electrons. The molecular weight excluding hydrogens is 356 g/mol. The fraction of sp³-hybridized carbons (Fsp3) is 0.364. The number of carboxylic acids is 1. The second kappa shape index (κ2) is 6.95. The average Bonchev–Trinajstić information content (AvgIpc) is 3.15. The molecule has 6 nitrogen and oxygen atoms in total. The highest BCUT2D eigenvalue weighted by Crippen LogP contribution is 2.44. The van der Waals surface area contributed by atoms with Gasteiger partial charge in [0, 0.05) is 18.5 Å². The topological polar surface area (TPSA) is 78.9 Å². The summed E-state index contributed by atoms with van der Waals surface area (Å²) in [4.78, 5) is 26.3. The maximum Gasteiger partial charge on any atom is 0.408 e. The minimum absolute atomic E-state index is 0.0518. The number of hydrogen-bond donors (Lipinski definition) is 2. The molecule has 2 aromatic rings. The number of carboxylic acid groups (broad SMARTS) is 1. The van der Waals surface area contributed by atoms with Crippen LogP contribution in [0, 0.1) is 0 Å². The lowest BCUT2D eigenvalue weighted by Crippen LogP contribution is -2.56. The highest BCUT2D eigenvalue weighted by Gasteiger charge is 2.48. The Balaban J connectivity index is 1.49. The Morgan fingerprint density at radius 3 is 2.21 bits per heavy atom. The van der Waals surface area contributed by atoms with E-state index in [0.717, 1.165) is 22.3 Å². The standard InChI is InChI=1S/C22H24N2O4/c1-14-11-22(20(25)26,13-24(14)2)23-21(27)28-12-19-17-9-5-3-7-15(17)16-8-4-6-10-18(16)19/h3-10,14,19H,11-13H2,1-2H3,(H,23,27)(H,25,26). The molecule has 2 atom stereocenters. The lowest BCUT2D eigenvalue weighted by molar-refractivity contribution is -0.144. The molecule has 0 bridgehead atoms. The number of hydrogen-bond acceptors (Lipinski definition) is 4. The van der Waals surface area contributed by atoms with Crippen LogP contribution in [0.1, 0.15) is 30.4 Å². The number of rotatable bonds is 4.